The first-order chi connectivity index (χ1) is 13.8. The minimum atomic E-state index is -0.606. The van der Waals surface area contributed by atoms with Crippen molar-refractivity contribution in [2.24, 2.45) is 0 Å². The molecule has 3 rings (SSSR count). The Labute approximate surface area is 181 Å². The highest BCUT2D eigenvalue weighted by Gasteiger charge is 2.34. The number of thiocarbonyl (C=S) groups is 1. The Hall–Kier alpha value is -2.91. The summed E-state index contributed by atoms with van der Waals surface area (Å²) in [5, 5.41) is 12.5. The predicted molar refractivity (Wildman–Crippen MR) is 116 cm³/mol. The maximum absolute atomic E-state index is 13.1. The van der Waals surface area contributed by atoms with Crippen molar-refractivity contribution in [3.05, 3.63) is 52.0 Å². The van der Waals surface area contributed by atoms with E-state index in [4.69, 9.17) is 21.7 Å². The van der Waals surface area contributed by atoms with Crippen LogP contribution in [0, 0.1) is 0 Å². The first-order valence-electron chi connectivity index (χ1n) is 8.56. The molecule has 0 saturated carbocycles. The summed E-state index contributed by atoms with van der Waals surface area (Å²) >= 11 is 8.42. The highest BCUT2D eigenvalue weighted by atomic mass is 79.9. The summed E-state index contributed by atoms with van der Waals surface area (Å²) in [4.78, 5) is 26.7. The molecule has 2 aromatic rings. The lowest BCUT2D eigenvalue weighted by atomic mass is 10.1. The second kappa shape index (κ2) is 8.62. The number of anilines is 1. The first kappa shape index (κ1) is 20.8. The number of carbonyl (C=O) groups is 2. The lowest BCUT2D eigenvalue weighted by Crippen LogP contribution is -2.54. The lowest BCUT2D eigenvalue weighted by molar-refractivity contribution is -0.122. The van der Waals surface area contributed by atoms with Crippen LogP contribution in [0.25, 0.3) is 6.08 Å². The van der Waals surface area contributed by atoms with Gasteiger partial charge >= 0.3 is 0 Å². The van der Waals surface area contributed by atoms with Crippen LogP contribution in [-0.4, -0.2) is 35.8 Å². The molecule has 2 amide bonds. The van der Waals surface area contributed by atoms with Crippen LogP contribution >= 0.6 is 28.1 Å². The van der Waals surface area contributed by atoms with Gasteiger partial charge in [0.15, 0.2) is 16.6 Å². The van der Waals surface area contributed by atoms with E-state index in [2.05, 4.69) is 21.2 Å². The summed E-state index contributed by atoms with van der Waals surface area (Å²) in [5.41, 5.74) is 0.885. The van der Waals surface area contributed by atoms with Crippen molar-refractivity contribution in [2.45, 2.75) is 6.92 Å². The molecule has 9 heteroatoms. The molecule has 150 valence electrons. The number of nitrogens with one attached hydrogen (secondary N) is 1. The highest BCUT2D eigenvalue weighted by Crippen LogP contribution is 2.36. The fourth-order valence-electron chi connectivity index (χ4n) is 2.75. The number of aromatic hydroxyl groups is 1. The number of benzene rings is 2. The zero-order valence-electron chi connectivity index (χ0n) is 15.6. The third-order valence-corrected chi connectivity index (χ3v) is 4.98. The van der Waals surface area contributed by atoms with Crippen molar-refractivity contribution >= 4 is 56.8 Å². The second-order valence-electron chi connectivity index (χ2n) is 5.94. The van der Waals surface area contributed by atoms with Crippen molar-refractivity contribution in [1.82, 2.24) is 5.32 Å². The van der Waals surface area contributed by atoms with Gasteiger partial charge in [-0.25, -0.2) is 0 Å². The van der Waals surface area contributed by atoms with Gasteiger partial charge in [-0.1, -0.05) is 0 Å². The average molecular weight is 477 g/mol. The predicted octanol–water partition coefficient (Wildman–Crippen LogP) is 3.39. The van der Waals surface area contributed by atoms with E-state index in [1.807, 2.05) is 6.92 Å². The molecule has 0 aliphatic carbocycles. The summed E-state index contributed by atoms with van der Waals surface area (Å²) < 4.78 is 10.9. The van der Waals surface area contributed by atoms with E-state index in [0.717, 1.165) is 0 Å². The van der Waals surface area contributed by atoms with Crippen molar-refractivity contribution in [3.8, 4) is 17.2 Å². The van der Waals surface area contributed by atoms with Crippen LogP contribution in [0.5, 0.6) is 17.2 Å². The van der Waals surface area contributed by atoms with E-state index in [1.54, 1.807) is 30.3 Å². The van der Waals surface area contributed by atoms with Crippen molar-refractivity contribution < 1.29 is 24.2 Å². The molecular weight excluding hydrogens is 460 g/mol. The monoisotopic (exact) mass is 476 g/mol. The third-order valence-electron chi connectivity index (χ3n) is 4.09. The minimum absolute atomic E-state index is 0.00854. The van der Waals surface area contributed by atoms with Gasteiger partial charge in [0.25, 0.3) is 11.8 Å². The molecule has 1 aliphatic rings. The molecule has 0 bridgehead atoms. The maximum Gasteiger partial charge on any atom is 0.270 e. The number of halogens is 1. The molecule has 2 N–H and O–H groups in total. The largest absolute Gasteiger partial charge is 0.503 e. The number of hydrogen-bond donors (Lipinski definition) is 2. The Bertz CT molecular complexity index is 1020. The molecule has 29 heavy (non-hydrogen) atoms. The van der Waals surface area contributed by atoms with E-state index in [1.165, 1.54) is 24.2 Å². The summed E-state index contributed by atoms with van der Waals surface area (Å²) in [6, 6.07) is 9.89. The normalized spacial score (nSPS) is 15.5. The van der Waals surface area contributed by atoms with Gasteiger partial charge < -0.3 is 14.6 Å². The molecule has 0 spiro atoms. The van der Waals surface area contributed by atoms with Gasteiger partial charge in [0.05, 0.1) is 23.9 Å². The molecule has 1 heterocycles. The summed E-state index contributed by atoms with van der Waals surface area (Å²) in [6.45, 7) is 2.40. The lowest BCUT2D eigenvalue weighted by Gasteiger charge is -2.29. The quantitative estimate of drug-likeness (QED) is 0.390. The molecule has 1 saturated heterocycles. The molecule has 0 unspecified atom stereocenters. The van der Waals surface area contributed by atoms with Gasteiger partial charge in [0.1, 0.15) is 11.3 Å². The van der Waals surface area contributed by atoms with Crippen LogP contribution in [0.3, 0.4) is 0 Å². The van der Waals surface area contributed by atoms with Crippen LogP contribution in [0.1, 0.15) is 12.5 Å². The van der Waals surface area contributed by atoms with E-state index >= 15 is 0 Å². The summed E-state index contributed by atoms with van der Waals surface area (Å²) in [7, 11) is 1.41. The van der Waals surface area contributed by atoms with Crippen molar-refractivity contribution in [3.63, 3.8) is 0 Å². The fourth-order valence-corrected chi connectivity index (χ4v) is 3.49. The van der Waals surface area contributed by atoms with E-state index in [0.29, 0.717) is 28.1 Å². The average Bonchev–Trinajstić information content (AvgIpc) is 2.69. The van der Waals surface area contributed by atoms with Gasteiger partial charge in [-0.15, -0.1) is 0 Å². The number of phenols is 1. The standard InChI is InChI=1S/C20H17BrN2O5S/c1-3-28-13-6-4-12(5-7-13)23-19(26)14(18(25)22-20(23)29)8-11-9-15(21)17(24)16(10-11)27-2/h4-10,24H,3H2,1-2H3,(H,22,25,29). The van der Waals surface area contributed by atoms with Crippen LogP contribution < -0.4 is 19.7 Å². The summed E-state index contributed by atoms with van der Waals surface area (Å²) in [5.74, 6) is -0.385. The first-order valence-corrected chi connectivity index (χ1v) is 9.76. The number of rotatable bonds is 5. The zero-order chi connectivity index (χ0) is 21.1. The van der Waals surface area contributed by atoms with Crippen LogP contribution in [0.4, 0.5) is 5.69 Å². The number of methoxy groups -OCH3 is 1. The van der Waals surface area contributed by atoms with Crippen LogP contribution in [-0.2, 0) is 9.59 Å². The van der Waals surface area contributed by atoms with Gasteiger partial charge in [-0.05, 0) is 83.1 Å². The fraction of sp³-hybridized carbons (Fsp3) is 0.150. The SMILES string of the molecule is CCOc1ccc(N2C(=O)C(=Cc3cc(Br)c(O)c(OC)c3)C(=O)NC2=S)cc1. The Morgan fingerprint density at radius 3 is 2.55 bits per heavy atom. The van der Waals surface area contributed by atoms with Gasteiger partial charge in [0, 0.05) is 0 Å². The zero-order valence-corrected chi connectivity index (χ0v) is 18.0. The smallest absolute Gasteiger partial charge is 0.270 e. The van der Waals surface area contributed by atoms with Gasteiger partial charge in [0.2, 0.25) is 0 Å². The van der Waals surface area contributed by atoms with Crippen LogP contribution in [0.2, 0.25) is 0 Å². The number of amides is 2. The van der Waals surface area contributed by atoms with E-state index < -0.39 is 11.8 Å². The Morgan fingerprint density at radius 2 is 1.93 bits per heavy atom. The topological polar surface area (TPSA) is 88.1 Å². The van der Waals surface area contributed by atoms with Gasteiger partial charge in [-0.3, -0.25) is 19.8 Å². The molecular formula is C20H17BrN2O5S. The van der Waals surface area contributed by atoms with Crippen molar-refractivity contribution in [1.29, 1.82) is 0 Å². The molecule has 0 atom stereocenters. The number of carbonyl (C=O) groups excluding carboxylic acids is 2. The molecule has 2 aromatic carbocycles. The Balaban J connectivity index is 1.99. The molecule has 7 nitrogen and oxygen atoms in total. The maximum atomic E-state index is 13.1. The van der Waals surface area contributed by atoms with Gasteiger partial charge in [-0.2, -0.15) is 0 Å². The van der Waals surface area contributed by atoms with Crippen LogP contribution in [0.15, 0.2) is 46.4 Å². The molecule has 0 radical (unpaired) electrons. The van der Waals surface area contributed by atoms with Crippen molar-refractivity contribution in [2.75, 3.05) is 18.6 Å². The molecule has 0 aromatic heterocycles. The third kappa shape index (κ3) is 4.25. The number of nitrogens with zero attached hydrogens (tertiary/aromatic N) is 1. The van der Waals surface area contributed by atoms with E-state index in [9.17, 15) is 14.7 Å². The minimum Gasteiger partial charge on any atom is -0.503 e. The Morgan fingerprint density at radius 1 is 1.24 bits per heavy atom. The number of phenolic OH excluding ortho intramolecular Hbond substituents is 1. The number of hydrogen-bond acceptors (Lipinski definition) is 6. The molecule has 1 fully saturated rings. The van der Waals surface area contributed by atoms with E-state index in [-0.39, 0.29) is 22.2 Å². The molecule has 1 aliphatic heterocycles. The highest BCUT2D eigenvalue weighted by molar-refractivity contribution is 9.10. The Kier molecular flexibility index (Phi) is 6.19. The number of ether oxygens (including phenoxy) is 2. The summed E-state index contributed by atoms with van der Waals surface area (Å²) in [6.07, 6.45) is 1.41. The second-order valence-corrected chi connectivity index (χ2v) is 7.18.